The lowest BCUT2D eigenvalue weighted by Crippen LogP contribution is -2.16. The van der Waals surface area contributed by atoms with Gasteiger partial charge in [-0.3, -0.25) is 9.71 Å². The molecule has 0 aliphatic rings. The van der Waals surface area contributed by atoms with Gasteiger partial charge in [0.25, 0.3) is 10.0 Å². The van der Waals surface area contributed by atoms with Gasteiger partial charge in [0.15, 0.2) is 0 Å². The van der Waals surface area contributed by atoms with Crippen molar-refractivity contribution >= 4 is 21.4 Å². The number of sulfonamides is 1. The van der Waals surface area contributed by atoms with Gasteiger partial charge in [0.1, 0.15) is 16.5 Å². The number of nitrogens with one attached hydrogen (secondary N) is 1. The molecule has 0 bridgehead atoms. The van der Waals surface area contributed by atoms with Crippen molar-refractivity contribution in [3.8, 4) is 0 Å². The van der Waals surface area contributed by atoms with Crippen LogP contribution in [-0.4, -0.2) is 13.4 Å². The summed E-state index contributed by atoms with van der Waals surface area (Å²) >= 11 is 0. The van der Waals surface area contributed by atoms with Crippen LogP contribution in [0.4, 0.5) is 20.2 Å². The molecule has 8 heteroatoms. The van der Waals surface area contributed by atoms with Crippen LogP contribution in [0.3, 0.4) is 0 Å². The lowest BCUT2D eigenvalue weighted by Gasteiger charge is -2.11. The van der Waals surface area contributed by atoms with Crippen LogP contribution in [0, 0.1) is 18.6 Å². The maximum Gasteiger partial charge on any atom is 0.265 e. The zero-order chi connectivity index (χ0) is 14.9. The molecule has 0 aliphatic heterocycles. The molecule has 0 unspecified atom stereocenters. The van der Waals surface area contributed by atoms with Gasteiger partial charge in [-0.25, -0.2) is 17.2 Å². The zero-order valence-corrected chi connectivity index (χ0v) is 11.2. The molecule has 0 aliphatic carbocycles. The molecular weight excluding hydrogens is 288 g/mol. The molecule has 0 amide bonds. The zero-order valence-electron chi connectivity index (χ0n) is 10.4. The minimum absolute atomic E-state index is 0.0412. The van der Waals surface area contributed by atoms with Crippen LogP contribution in [0.15, 0.2) is 35.5 Å². The summed E-state index contributed by atoms with van der Waals surface area (Å²) in [5, 5.41) is 0. The molecule has 0 atom stereocenters. The number of halogens is 2. The molecule has 0 saturated heterocycles. The molecule has 0 radical (unpaired) electrons. The molecule has 1 heterocycles. The number of anilines is 2. The van der Waals surface area contributed by atoms with Crippen molar-refractivity contribution in [2.45, 2.75) is 11.8 Å². The largest absolute Gasteiger partial charge is 0.398 e. The fraction of sp³-hybridized carbons (Fsp3) is 0.0833. The van der Waals surface area contributed by atoms with Gasteiger partial charge < -0.3 is 5.73 Å². The Bertz CT molecular complexity index is 763. The minimum atomic E-state index is -4.14. The van der Waals surface area contributed by atoms with Gasteiger partial charge in [0, 0.05) is 18.5 Å². The Hall–Kier alpha value is -2.22. The molecule has 5 nitrogen and oxygen atoms in total. The van der Waals surface area contributed by atoms with E-state index in [4.69, 9.17) is 5.73 Å². The highest BCUT2D eigenvalue weighted by molar-refractivity contribution is 7.92. The Kier molecular flexibility index (Phi) is 3.58. The monoisotopic (exact) mass is 299 g/mol. The summed E-state index contributed by atoms with van der Waals surface area (Å²) in [6, 6.07) is 2.97. The summed E-state index contributed by atoms with van der Waals surface area (Å²) in [6.07, 6.45) is 2.35. The van der Waals surface area contributed by atoms with Gasteiger partial charge in [-0.05, 0) is 24.6 Å². The van der Waals surface area contributed by atoms with E-state index in [1.54, 1.807) is 0 Å². The average molecular weight is 299 g/mol. The Morgan fingerprint density at radius 2 is 1.95 bits per heavy atom. The first-order chi connectivity index (χ1) is 9.31. The quantitative estimate of drug-likeness (QED) is 0.908. The predicted octanol–water partition coefficient (Wildman–Crippen LogP) is 2.05. The van der Waals surface area contributed by atoms with Gasteiger partial charge in [0.05, 0.1) is 11.4 Å². The van der Waals surface area contributed by atoms with E-state index in [0.717, 1.165) is 18.3 Å². The molecule has 0 spiro atoms. The maximum absolute atomic E-state index is 13.6. The molecular formula is C12H11F2N3O2S. The lowest BCUT2D eigenvalue weighted by molar-refractivity contribution is 0.590. The number of aryl methyl sites for hydroxylation is 1. The Balaban J connectivity index is 2.44. The molecule has 0 fully saturated rings. The summed E-state index contributed by atoms with van der Waals surface area (Å²) in [6.45, 7) is 1.37. The van der Waals surface area contributed by atoms with E-state index in [1.807, 2.05) is 4.72 Å². The smallest absolute Gasteiger partial charge is 0.265 e. The van der Waals surface area contributed by atoms with Gasteiger partial charge >= 0.3 is 0 Å². The van der Waals surface area contributed by atoms with Crippen molar-refractivity contribution < 1.29 is 17.2 Å². The number of nitrogens with zero attached hydrogens (tertiary/aromatic N) is 1. The number of hydrogen-bond donors (Lipinski definition) is 2. The SMILES string of the molecule is Cc1cc(F)c(NS(=O)(=O)c2cnccc2N)cc1F. The third kappa shape index (κ3) is 2.69. The highest BCUT2D eigenvalue weighted by Gasteiger charge is 2.20. The molecule has 3 N–H and O–H groups in total. The minimum Gasteiger partial charge on any atom is -0.398 e. The molecule has 1 aromatic carbocycles. The van der Waals surface area contributed by atoms with Crippen molar-refractivity contribution in [2.24, 2.45) is 0 Å². The topological polar surface area (TPSA) is 85.1 Å². The van der Waals surface area contributed by atoms with E-state index in [1.165, 1.54) is 19.2 Å². The second-order valence-electron chi connectivity index (χ2n) is 4.10. The highest BCUT2D eigenvalue weighted by Crippen LogP contribution is 2.24. The number of nitrogens with two attached hydrogens (primary N) is 1. The standard InChI is InChI=1S/C12H11F2N3O2S/c1-7-4-9(14)11(5-8(7)13)17-20(18,19)12-6-16-3-2-10(12)15/h2-6,17H,1H3,(H2,15,16). The second-order valence-corrected chi connectivity index (χ2v) is 5.75. The number of hydrogen-bond acceptors (Lipinski definition) is 4. The third-order valence-corrected chi connectivity index (χ3v) is 4.01. The van der Waals surface area contributed by atoms with E-state index in [2.05, 4.69) is 4.98 Å². The summed E-state index contributed by atoms with van der Waals surface area (Å²) in [5.74, 6) is -1.60. The van der Waals surface area contributed by atoms with Crippen molar-refractivity contribution in [1.82, 2.24) is 4.98 Å². The first-order valence-electron chi connectivity index (χ1n) is 5.49. The summed E-state index contributed by atoms with van der Waals surface area (Å²) < 4.78 is 53.1. The van der Waals surface area contributed by atoms with E-state index in [0.29, 0.717) is 0 Å². The number of nitrogen functional groups attached to an aromatic ring is 1. The first-order valence-corrected chi connectivity index (χ1v) is 6.97. The normalized spacial score (nSPS) is 11.3. The molecule has 0 saturated carbocycles. The average Bonchev–Trinajstić information content (AvgIpc) is 2.36. The predicted molar refractivity (Wildman–Crippen MR) is 70.6 cm³/mol. The van der Waals surface area contributed by atoms with Crippen molar-refractivity contribution in [1.29, 1.82) is 0 Å². The van der Waals surface area contributed by atoms with Crippen LogP contribution in [0.2, 0.25) is 0 Å². The van der Waals surface area contributed by atoms with Gasteiger partial charge in [-0.15, -0.1) is 0 Å². The third-order valence-electron chi connectivity index (χ3n) is 2.60. The van der Waals surface area contributed by atoms with Crippen LogP contribution >= 0.6 is 0 Å². The number of pyridine rings is 1. The van der Waals surface area contributed by atoms with Crippen LogP contribution in [0.5, 0.6) is 0 Å². The summed E-state index contributed by atoms with van der Waals surface area (Å²) in [4.78, 5) is 3.34. The van der Waals surface area contributed by atoms with E-state index in [9.17, 15) is 17.2 Å². The van der Waals surface area contributed by atoms with E-state index >= 15 is 0 Å². The van der Waals surface area contributed by atoms with Crippen LogP contribution < -0.4 is 10.5 Å². The van der Waals surface area contributed by atoms with Gasteiger partial charge in [-0.2, -0.15) is 0 Å². The molecule has 20 heavy (non-hydrogen) atoms. The fourth-order valence-electron chi connectivity index (χ4n) is 1.54. The van der Waals surface area contributed by atoms with Crippen molar-refractivity contribution in [2.75, 3.05) is 10.5 Å². The van der Waals surface area contributed by atoms with Crippen LogP contribution in [-0.2, 0) is 10.0 Å². The lowest BCUT2D eigenvalue weighted by atomic mass is 10.2. The Labute approximate surface area is 114 Å². The summed E-state index contributed by atoms with van der Waals surface area (Å²) in [5.41, 5.74) is 5.07. The van der Waals surface area contributed by atoms with E-state index < -0.39 is 27.3 Å². The fourth-order valence-corrected chi connectivity index (χ4v) is 2.67. The Morgan fingerprint density at radius 1 is 1.25 bits per heavy atom. The summed E-state index contributed by atoms with van der Waals surface area (Å²) in [7, 11) is -4.14. The molecule has 106 valence electrons. The number of benzene rings is 1. The van der Waals surface area contributed by atoms with E-state index in [-0.39, 0.29) is 16.1 Å². The molecule has 1 aromatic heterocycles. The highest BCUT2D eigenvalue weighted by atomic mass is 32.2. The number of rotatable bonds is 3. The van der Waals surface area contributed by atoms with Gasteiger partial charge in [0.2, 0.25) is 0 Å². The van der Waals surface area contributed by atoms with Crippen molar-refractivity contribution in [3.05, 3.63) is 47.8 Å². The van der Waals surface area contributed by atoms with Crippen molar-refractivity contribution in [3.63, 3.8) is 0 Å². The number of aromatic nitrogens is 1. The maximum atomic E-state index is 13.6. The molecule has 2 rings (SSSR count). The molecule has 2 aromatic rings. The Morgan fingerprint density at radius 3 is 2.60 bits per heavy atom. The van der Waals surface area contributed by atoms with Crippen LogP contribution in [0.25, 0.3) is 0 Å². The van der Waals surface area contributed by atoms with Crippen LogP contribution in [0.1, 0.15) is 5.56 Å². The first kappa shape index (κ1) is 14.2. The van der Waals surface area contributed by atoms with Gasteiger partial charge in [-0.1, -0.05) is 0 Å². The second kappa shape index (κ2) is 5.04.